The summed E-state index contributed by atoms with van der Waals surface area (Å²) in [6.07, 6.45) is 3.37. The lowest BCUT2D eigenvalue weighted by atomic mass is 9.70. The summed E-state index contributed by atoms with van der Waals surface area (Å²) in [5.41, 5.74) is 3.02. The zero-order valence-corrected chi connectivity index (χ0v) is 9.73. The van der Waals surface area contributed by atoms with Gasteiger partial charge >= 0.3 is 0 Å². The van der Waals surface area contributed by atoms with Crippen LogP contribution in [-0.4, -0.2) is 17.6 Å². The van der Waals surface area contributed by atoms with E-state index in [0.29, 0.717) is 11.8 Å². The number of aryl methyl sites for hydroxylation is 1. The number of piperidine rings is 1. The lowest BCUT2D eigenvalue weighted by molar-refractivity contribution is 0.137. The van der Waals surface area contributed by atoms with E-state index in [1.807, 2.05) is 0 Å². The summed E-state index contributed by atoms with van der Waals surface area (Å²) >= 11 is 0. The second-order valence-corrected chi connectivity index (χ2v) is 5.29. The van der Waals surface area contributed by atoms with Gasteiger partial charge in [-0.3, -0.25) is 0 Å². The molecule has 1 heterocycles. The van der Waals surface area contributed by atoms with Crippen molar-refractivity contribution in [3.63, 3.8) is 0 Å². The van der Waals surface area contributed by atoms with Crippen molar-refractivity contribution in [3.8, 4) is 0 Å². The van der Waals surface area contributed by atoms with Gasteiger partial charge in [-0.2, -0.15) is 0 Å². The van der Waals surface area contributed by atoms with Gasteiger partial charge in [0, 0.05) is 0 Å². The first-order valence-electron chi connectivity index (χ1n) is 6.27. The Labute approximate surface area is 96.8 Å². The summed E-state index contributed by atoms with van der Waals surface area (Å²) in [6, 6.07) is 8.97. The molecular weight excluding hydrogens is 198 g/mol. The van der Waals surface area contributed by atoms with Crippen molar-refractivity contribution in [2.24, 2.45) is 5.92 Å². The summed E-state index contributed by atoms with van der Waals surface area (Å²) in [7, 11) is 0. The molecule has 16 heavy (non-hydrogen) atoms. The maximum Gasteiger partial charge on any atom is -0.00490 e. The second-order valence-electron chi connectivity index (χ2n) is 5.29. The molecule has 86 valence electrons. The van der Waals surface area contributed by atoms with Crippen LogP contribution in [0.3, 0.4) is 0 Å². The first kappa shape index (κ1) is 10.3. The molecule has 2 nitrogen and oxygen atoms in total. The summed E-state index contributed by atoms with van der Waals surface area (Å²) in [6.45, 7) is 2.79. The highest BCUT2D eigenvalue weighted by Crippen LogP contribution is 2.42. The van der Waals surface area contributed by atoms with Gasteiger partial charge in [0.15, 0.2) is 0 Å². The average Bonchev–Trinajstić information content (AvgIpc) is 2.31. The van der Waals surface area contributed by atoms with Crippen LogP contribution in [0, 0.1) is 11.1 Å². The first-order valence-corrected chi connectivity index (χ1v) is 6.27. The Morgan fingerprint density at radius 1 is 1.31 bits per heavy atom. The van der Waals surface area contributed by atoms with Crippen LogP contribution in [0.5, 0.6) is 0 Å². The van der Waals surface area contributed by atoms with Gasteiger partial charge in [0.05, 0.1) is 0 Å². The fourth-order valence-electron chi connectivity index (χ4n) is 3.35. The molecule has 1 aromatic rings. The van der Waals surface area contributed by atoms with Gasteiger partial charge in [-0.15, -0.1) is 0 Å². The van der Waals surface area contributed by atoms with Crippen LogP contribution in [0.4, 0.5) is 0 Å². The minimum Gasteiger partial charge on any atom is -0.785 e. The molecule has 3 atom stereocenters. The number of fused-ring (bicyclic) bond motifs is 3. The normalized spacial score (nSPS) is 34.2. The Kier molecular flexibility index (Phi) is 2.49. The van der Waals surface area contributed by atoms with E-state index in [1.165, 1.54) is 22.6 Å². The number of benzene rings is 1. The standard InChI is InChI=1S/C14H18NO/c1-10-8-14-12(9-15(10)16)7-6-11-4-2-3-5-13(11)14/h2-5,10,12,14H,6-9H2,1H3/q-1/t10-,12?,14?/m1/s1. The molecule has 2 aliphatic rings. The number of nitrogens with zero attached hydrogens (tertiary/aromatic N) is 1. The molecule has 0 spiro atoms. The average molecular weight is 216 g/mol. The van der Waals surface area contributed by atoms with E-state index in [9.17, 15) is 5.21 Å². The lowest BCUT2D eigenvalue weighted by Gasteiger charge is -2.49. The SMILES string of the molecule is C[C@@H]1CC2c3ccccc3CCC2CN1[O-]. The summed E-state index contributed by atoms with van der Waals surface area (Å²) < 4.78 is 0. The fourth-order valence-corrected chi connectivity index (χ4v) is 3.35. The zero-order chi connectivity index (χ0) is 11.1. The summed E-state index contributed by atoms with van der Waals surface area (Å²) in [5.74, 6) is 1.22. The predicted molar refractivity (Wildman–Crippen MR) is 65.1 cm³/mol. The van der Waals surface area contributed by atoms with E-state index >= 15 is 0 Å². The van der Waals surface area contributed by atoms with E-state index in [4.69, 9.17) is 0 Å². The summed E-state index contributed by atoms with van der Waals surface area (Å²) in [4.78, 5) is 0. The van der Waals surface area contributed by atoms with Crippen molar-refractivity contribution in [1.82, 2.24) is 5.06 Å². The van der Waals surface area contributed by atoms with Gasteiger partial charge in [-0.1, -0.05) is 31.2 Å². The first-order chi connectivity index (χ1) is 7.75. The highest BCUT2D eigenvalue weighted by Gasteiger charge is 2.34. The van der Waals surface area contributed by atoms with Crippen LogP contribution in [-0.2, 0) is 6.42 Å². The molecule has 0 saturated carbocycles. The molecule has 0 bridgehead atoms. The maximum atomic E-state index is 11.7. The number of rotatable bonds is 0. The van der Waals surface area contributed by atoms with E-state index in [2.05, 4.69) is 31.2 Å². The van der Waals surface area contributed by atoms with E-state index in [-0.39, 0.29) is 6.04 Å². The van der Waals surface area contributed by atoms with Crippen LogP contribution >= 0.6 is 0 Å². The van der Waals surface area contributed by atoms with Gasteiger partial charge in [-0.05, 0) is 54.8 Å². The molecule has 0 radical (unpaired) electrons. The van der Waals surface area contributed by atoms with E-state index in [0.717, 1.165) is 19.4 Å². The largest absolute Gasteiger partial charge is 0.785 e. The molecule has 1 aromatic carbocycles. The van der Waals surface area contributed by atoms with E-state index < -0.39 is 0 Å². The van der Waals surface area contributed by atoms with Crippen molar-refractivity contribution in [2.45, 2.75) is 38.1 Å². The highest BCUT2D eigenvalue weighted by molar-refractivity contribution is 5.34. The maximum absolute atomic E-state index is 11.7. The van der Waals surface area contributed by atoms with Crippen molar-refractivity contribution in [3.05, 3.63) is 40.6 Å². The van der Waals surface area contributed by atoms with E-state index in [1.54, 1.807) is 0 Å². The Morgan fingerprint density at radius 3 is 3.00 bits per heavy atom. The van der Waals surface area contributed by atoms with Crippen molar-refractivity contribution in [2.75, 3.05) is 6.54 Å². The molecule has 1 fully saturated rings. The molecule has 2 heteroatoms. The molecule has 1 aliphatic carbocycles. The molecule has 3 rings (SSSR count). The molecule has 1 saturated heterocycles. The smallest absolute Gasteiger partial charge is 0.00490 e. The molecule has 1 aliphatic heterocycles. The quantitative estimate of drug-likeness (QED) is 0.666. The third-order valence-electron chi connectivity index (χ3n) is 4.31. The monoisotopic (exact) mass is 216 g/mol. The van der Waals surface area contributed by atoms with Crippen molar-refractivity contribution >= 4 is 0 Å². The van der Waals surface area contributed by atoms with Crippen molar-refractivity contribution < 1.29 is 0 Å². The van der Waals surface area contributed by atoms with Crippen LogP contribution in [0.25, 0.3) is 0 Å². The van der Waals surface area contributed by atoms with Gasteiger partial charge < -0.3 is 10.3 Å². The van der Waals surface area contributed by atoms with Gasteiger partial charge in [0.1, 0.15) is 0 Å². The number of hydroxylamine groups is 2. The Bertz CT molecular complexity index is 390. The minimum atomic E-state index is 0.187. The lowest BCUT2D eigenvalue weighted by Crippen LogP contribution is -2.43. The topological polar surface area (TPSA) is 26.3 Å². The van der Waals surface area contributed by atoms with Gasteiger partial charge in [0.2, 0.25) is 0 Å². The predicted octanol–water partition coefficient (Wildman–Crippen LogP) is 2.92. The van der Waals surface area contributed by atoms with Gasteiger partial charge in [-0.25, -0.2) is 0 Å². The Morgan fingerprint density at radius 2 is 2.12 bits per heavy atom. The van der Waals surface area contributed by atoms with Crippen LogP contribution in [0.1, 0.15) is 36.8 Å². The molecule has 0 N–H and O–H groups in total. The van der Waals surface area contributed by atoms with Gasteiger partial charge in [0.25, 0.3) is 0 Å². The number of hydrogen-bond donors (Lipinski definition) is 0. The van der Waals surface area contributed by atoms with Crippen LogP contribution in [0.15, 0.2) is 24.3 Å². The molecule has 0 aromatic heterocycles. The van der Waals surface area contributed by atoms with Crippen LogP contribution < -0.4 is 0 Å². The third-order valence-corrected chi connectivity index (χ3v) is 4.31. The fraction of sp³-hybridized carbons (Fsp3) is 0.571. The summed E-state index contributed by atoms with van der Waals surface area (Å²) in [5, 5.41) is 13.0. The highest BCUT2D eigenvalue weighted by atomic mass is 16.5. The second kappa shape index (κ2) is 3.86. The Balaban J connectivity index is 1.94. The van der Waals surface area contributed by atoms with Crippen LogP contribution in [0.2, 0.25) is 0 Å². The third kappa shape index (κ3) is 1.57. The number of hydrogen-bond acceptors (Lipinski definition) is 2. The zero-order valence-electron chi connectivity index (χ0n) is 9.73. The molecular formula is C14H18NO-. The minimum absolute atomic E-state index is 0.187. The molecule has 2 unspecified atom stereocenters. The van der Waals surface area contributed by atoms with Crippen molar-refractivity contribution in [1.29, 1.82) is 0 Å². The molecule has 0 amide bonds. The Hall–Kier alpha value is -0.860.